The quantitative estimate of drug-likeness (QED) is 0.194. The molecule has 0 radical (unpaired) electrons. The summed E-state index contributed by atoms with van der Waals surface area (Å²) in [5, 5.41) is 3.06. The number of amides is 1. The van der Waals surface area contributed by atoms with Crippen LogP contribution in [0.15, 0.2) is 91.0 Å². The van der Waals surface area contributed by atoms with Crippen LogP contribution in [0.25, 0.3) is 0 Å². The van der Waals surface area contributed by atoms with E-state index in [1.807, 2.05) is 66.7 Å². The lowest BCUT2D eigenvalue weighted by Crippen LogP contribution is -2.69. The summed E-state index contributed by atoms with van der Waals surface area (Å²) >= 11 is 0. The van der Waals surface area contributed by atoms with Crippen LogP contribution in [0.4, 0.5) is 0 Å². The predicted molar refractivity (Wildman–Crippen MR) is 142 cm³/mol. The second-order valence-electron chi connectivity index (χ2n) is 9.58. The molecular formula is C29H35NO4Si. The standard InChI is InChI=1S/C29H35NO4Si/c1-6-33-28(32)26(22-23-16-10-7-11-17-23)27(31)30(5)34-35(29(2,3)4,24-18-12-8-13-19-24)25-20-14-9-15-21-25/h7-21,26H,6,22H2,1-5H3. The molecule has 5 nitrogen and oxygen atoms in total. The summed E-state index contributed by atoms with van der Waals surface area (Å²) in [6.07, 6.45) is 0.243. The van der Waals surface area contributed by atoms with Gasteiger partial charge in [0.05, 0.1) is 6.61 Å². The third-order valence-electron chi connectivity index (χ3n) is 6.15. The molecule has 0 fully saturated rings. The summed E-state index contributed by atoms with van der Waals surface area (Å²) in [6, 6.07) is 29.7. The highest BCUT2D eigenvalue weighted by molar-refractivity contribution is 6.99. The lowest BCUT2D eigenvalue weighted by atomic mass is 9.98. The van der Waals surface area contributed by atoms with Gasteiger partial charge in [-0.15, -0.1) is 0 Å². The molecule has 0 saturated heterocycles. The number of ether oxygens (including phenoxy) is 1. The van der Waals surface area contributed by atoms with E-state index in [1.54, 1.807) is 14.0 Å². The van der Waals surface area contributed by atoms with Gasteiger partial charge in [0.15, 0.2) is 0 Å². The van der Waals surface area contributed by atoms with E-state index in [9.17, 15) is 9.59 Å². The van der Waals surface area contributed by atoms with Crippen molar-refractivity contribution in [1.29, 1.82) is 0 Å². The molecule has 3 rings (SSSR count). The molecule has 0 aliphatic rings. The van der Waals surface area contributed by atoms with Crippen LogP contribution in [-0.4, -0.2) is 38.9 Å². The first-order chi connectivity index (χ1) is 16.7. The fourth-order valence-corrected chi connectivity index (χ4v) is 8.83. The van der Waals surface area contributed by atoms with Crippen LogP contribution in [0.1, 0.15) is 33.3 Å². The van der Waals surface area contributed by atoms with E-state index in [0.29, 0.717) is 0 Å². The Morgan fingerprint density at radius 3 is 1.71 bits per heavy atom. The number of carbonyl (C=O) groups excluding carboxylic acids is 2. The smallest absolute Gasteiger partial charge is 0.318 e. The summed E-state index contributed by atoms with van der Waals surface area (Å²) in [7, 11) is -1.40. The van der Waals surface area contributed by atoms with Crippen molar-refractivity contribution in [3.8, 4) is 0 Å². The maximum atomic E-state index is 13.8. The SMILES string of the molecule is CCOC(=O)C(Cc1ccccc1)C(=O)N(C)O[Si](c1ccccc1)(c1ccccc1)C(C)(C)C. The highest BCUT2D eigenvalue weighted by Crippen LogP contribution is 2.37. The van der Waals surface area contributed by atoms with Crippen molar-refractivity contribution in [3.05, 3.63) is 96.6 Å². The number of rotatable bonds is 9. The van der Waals surface area contributed by atoms with Crippen molar-refractivity contribution in [3.63, 3.8) is 0 Å². The average Bonchev–Trinajstić information content (AvgIpc) is 2.86. The molecule has 0 saturated carbocycles. The Hall–Kier alpha value is -3.22. The van der Waals surface area contributed by atoms with Crippen molar-refractivity contribution >= 4 is 30.6 Å². The van der Waals surface area contributed by atoms with Crippen molar-refractivity contribution in [2.45, 2.75) is 39.2 Å². The molecule has 35 heavy (non-hydrogen) atoms. The highest BCUT2D eigenvalue weighted by Gasteiger charge is 2.53. The van der Waals surface area contributed by atoms with Gasteiger partial charge >= 0.3 is 5.97 Å². The van der Waals surface area contributed by atoms with Gasteiger partial charge in [-0.2, -0.15) is 0 Å². The van der Waals surface area contributed by atoms with Gasteiger partial charge in [-0.3, -0.25) is 9.59 Å². The number of hydroxylamine groups is 2. The zero-order chi connectivity index (χ0) is 25.5. The maximum Gasteiger partial charge on any atom is 0.318 e. The fourth-order valence-electron chi connectivity index (χ4n) is 4.45. The van der Waals surface area contributed by atoms with Gasteiger partial charge in [-0.05, 0) is 34.3 Å². The van der Waals surface area contributed by atoms with Crippen LogP contribution in [0.3, 0.4) is 0 Å². The average molecular weight is 490 g/mol. The van der Waals surface area contributed by atoms with E-state index < -0.39 is 26.1 Å². The molecule has 1 unspecified atom stereocenters. The number of esters is 1. The monoisotopic (exact) mass is 489 g/mol. The summed E-state index contributed by atoms with van der Waals surface area (Å²) < 4.78 is 12.1. The fraction of sp³-hybridized carbons (Fsp3) is 0.310. The van der Waals surface area contributed by atoms with E-state index in [-0.39, 0.29) is 18.1 Å². The molecule has 0 spiro atoms. The van der Waals surface area contributed by atoms with E-state index in [4.69, 9.17) is 9.26 Å². The third kappa shape index (κ3) is 5.89. The summed E-state index contributed by atoms with van der Waals surface area (Å²) in [4.78, 5) is 26.6. The molecule has 184 valence electrons. The minimum atomic E-state index is -3.01. The number of hydrogen-bond donors (Lipinski definition) is 0. The van der Waals surface area contributed by atoms with Gasteiger partial charge in [0.25, 0.3) is 14.2 Å². The maximum absolute atomic E-state index is 13.8. The van der Waals surface area contributed by atoms with Crippen LogP contribution in [0, 0.1) is 5.92 Å². The molecule has 0 bridgehead atoms. The highest BCUT2D eigenvalue weighted by atomic mass is 28.4. The van der Waals surface area contributed by atoms with Gasteiger partial charge in [0, 0.05) is 7.05 Å². The Morgan fingerprint density at radius 1 is 0.829 bits per heavy atom. The predicted octanol–water partition coefficient (Wildman–Crippen LogP) is 4.36. The minimum absolute atomic E-state index is 0.205. The zero-order valence-corrected chi connectivity index (χ0v) is 22.2. The summed E-state index contributed by atoms with van der Waals surface area (Å²) in [5.41, 5.74) is 0.887. The molecule has 0 aliphatic heterocycles. The van der Waals surface area contributed by atoms with Crippen LogP contribution in [0.2, 0.25) is 5.04 Å². The molecule has 3 aromatic carbocycles. The number of nitrogens with zero attached hydrogens (tertiary/aromatic N) is 1. The lowest BCUT2D eigenvalue weighted by molar-refractivity contribution is -0.168. The first-order valence-corrected chi connectivity index (χ1v) is 13.9. The second-order valence-corrected chi connectivity index (χ2v) is 13.8. The largest absolute Gasteiger partial charge is 0.465 e. The molecule has 0 aromatic heterocycles. The van der Waals surface area contributed by atoms with Crippen LogP contribution in [-0.2, 0) is 25.3 Å². The first kappa shape index (κ1) is 26.4. The molecule has 0 aliphatic carbocycles. The van der Waals surface area contributed by atoms with Crippen LogP contribution < -0.4 is 10.4 Å². The Bertz CT molecular complexity index is 1060. The number of benzene rings is 3. The minimum Gasteiger partial charge on any atom is -0.465 e. The topological polar surface area (TPSA) is 55.8 Å². The molecule has 0 heterocycles. The Balaban J connectivity index is 2.04. The van der Waals surface area contributed by atoms with Gasteiger partial charge < -0.3 is 9.26 Å². The number of carbonyl (C=O) groups is 2. The van der Waals surface area contributed by atoms with Crippen LogP contribution in [0.5, 0.6) is 0 Å². The summed E-state index contributed by atoms with van der Waals surface area (Å²) in [5.74, 6) is -1.96. The lowest BCUT2D eigenvalue weighted by Gasteiger charge is -2.44. The van der Waals surface area contributed by atoms with Crippen molar-refractivity contribution < 1.29 is 18.9 Å². The summed E-state index contributed by atoms with van der Waals surface area (Å²) in [6.45, 7) is 8.38. The first-order valence-electron chi connectivity index (χ1n) is 12.0. The molecule has 3 aromatic rings. The normalized spacial score (nSPS) is 12.6. The van der Waals surface area contributed by atoms with Gasteiger partial charge in [-0.1, -0.05) is 112 Å². The molecule has 1 atom stereocenters. The molecule has 0 N–H and O–H groups in total. The van der Waals surface area contributed by atoms with Crippen molar-refractivity contribution in [1.82, 2.24) is 5.06 Å². The molecular weight excluding hydrogens is 454 g/mol. The molecule has 1 amide bonds. The van der Waals surface area contributed by atoms with E-state index in [2.05, 4.69) is 45.0 Å². The Labute approximate surface area is 209 Å². The van der Waals surface area contributed by atoms with E-state index >= 15 is 0 Å². The van der Waals surface area contributed by atoms with Crippen molar-refractivity contribution in [2.24, 2.45) is 5.92 Å². The Morgan fingerprint density at radius 2 is 1.29 bits per heavy atom. The van der Waals surface area contributed by atoms with E-state index in [1.165, 1.54) is 5.06 Å². The van der Waals surface area contributed by atoms with Crippen LogP contribution >= 0.6 is 0 Å². The van der Waals surface area contributed by atoms with Gasteiger partial charge in [-0.25, -0.2) is 5.06 Å². The van der Waals surface area contributed by atoms with E-state index in [0.717, 1.165) is 15.9 Å². The second kappa shape index (κ2) is 11.5. The van der Waals surface area contributed by atoms with Gasteiger partial charge in [0.1, 0.15) is 5.92 Å². The number of hydrogen-bond acceptors (Lipinski definition) is 4. The van der Waals surface area contributed by atoms with Gasteiger partial charge in [0.2, 0.25) is 0 Å². The third-order valence-corrected chi connectivity index (χ3v) is 11.1. The Kier molecular flexibility index (Phi) is 8.65. The molecule has 6 heteroatoms. The van der Waals surface area contributed by atoms with Crippen molar-refractivity contribution in [2.75, 3.05) is 13.7 Å². The zero-order valence-electron chi connectivity index (χ0n) is 21.2.